The number of rotatable bonds is 37. The standard InChI is InChI=1S/C70H114O8/c1-13-15-17-19-21-23-25-26-28-30-32-34-36-48-64(72)78-62-54-66(9,10)70(76,68(12,74)56-62)52-50-60(6)46-40-44-58(4)42-38-37-41-57(3)43-39-45-59(5)49-51-69(75)65(7,8)53-61(55-67(69,11)73)77-63(71)47-35-33-31-29-27-24-22-20-18-16-14-2/h23,25,37-46,49-52,61-62,73-76H,13-22,24,26-36,47-48,53-56H2,1-12H3/b25-23-,38-37+,43-39+,44-40+,51-49+,52-50+,57-41+,58-42+,59-45+,60-46+/t61-,62-,67+,68+,69+,70+/m0/s1. The van der Waals surface area contributed by atoms with Crippen molar-refractivity contribution in [3.8, 4) is 0 Å². The summed E-state index contributed by atoms with van der Waals surface area (Å²) in [5.41, 5.74) is -3.61. The third kappa shape index (κ3) is 25.7. The Balaban J connectivity index is 1.83. The minimum absolute atomic E-state index is 0.161. The van der Waals surface area contributed by atoms with Crippen molar-refractivity contribution in [3.05, 3.63) is 120 Å². The molecular weight excluding hydrogens is 969 g/mol. The number of aliphatic hydroxyl groups is 4. The van der Waals surface area contributed by atoms with Crippen molar-refractivity contribution in [2.45, 2.75) is 297 Å². The fourth-order valence-electron chi connectivity index (χ4n) is 11.5. The Morgan fingerprint density at radius 1 is 0.410 bits per heavy atom. The first kappa shape index (κ1) is 70.3. The van der Waals surface area contributed by atoms with Gasteiger partial charge >= 0.3 is 11.9 Å². The molecule has 0 saturated heterocycles. The van der Waals surface area contributed by atoms with E-state index in [4.69, 9.17) is 9.47 Å². The first-order valence-electron chi connectivity index (χ1n) is 30.9. The second-order valence-electron chi connectivity index (χ2n) is 25.2. The van der Waals surface area contributed by atoms with Crippen LogP contribution in [-0.4, -0.2) is 67.0 Å². The summed E-state index contributed by atoms with van der Waals surface area (Å²) in [6, 6.07) is 0. The van der Waals surface area contributed by atoms with Crippen molar-refractivity contribution in [2.24, 2.45) is 10.8 Å². The lowest BCUT2D eigenvalue weighted by molar-refractivity contribution is -0.223. The number of ether oxygens (including phenoxy) is 2. The number of carbonyl (C=O) groups is 2. The summed E-state index contributed by atoms with van der Waals surface area (Å²) in [5.74, 6) is -0.448. The first-order chi connectivity index (χ1) is 36.8. The van der Waals surface area contributed by atoms with Gasteiger partial charge in [-0.2, -0.15) is 0 Å². The molecule has 0 amide bonds. The molecule has 78 heavy (non-hydrogen) atoms. The molecule has 4 N–H and O–H groups in total. The molecular formula is C70H114O8. The third-order valence-corrected chi connectivity index (χ3v) is 16.6. The van der Waals surface area contributed by atoms with E-state index in [1.54, 1.807) is 26.0 Å². The summed E-state index contributed by atoms with van der Waals surface area (Å²) in [7, 11) is 0. The van der Waals surface area contributed by atoms with Crippen molar-refractivity contribution in [1.82, 2.24) is 0 Å². The SMILES string of the molecule is CCCCCC/C=C\CCCCCCCC(=O)O[C@H]1CC(C)(C)[C@](O)(/C=C/C(C)=C/C=C/C(C)=C/C=C/C=C(C)/C=C/C=C(C)/C=C/[C@@]2(O)C(C)(C)C[C@H](OC(=O)CCCCCCCCCCCCC)C[C@@]2(C)O)[C@](C)(O)C1. The monoisotopic (exact) mass is 1080 g/mol. The lowest BCUT2D eigenvalue weighted by Crippen LogP contribution is -2.65. The molecule has 0 aromatic carbocycles. The van der Waals surface area contributed by atoms with Gasteiger partial charge in [0.05, 0.1) is 11.2 Å². The average Bonchev–Trinajstić information content (AvgIpc) is 3.46. The second kappa shape index (κ2) is 36.5. The van der Waals surface area contributed by atoms with E-state index in [1.165, 1.54) is 96.3 Å². The van der Waals surface area contributed by atoms with Gasteiger partial charge in [-0.05, 0) is 105 Å². The van der Waals surface area contributed by atoms with Gasteiger partial charge in [0.2, 0.25) is 0 Å². The molecule has 0 heterocycles. The molecule has 2 aliphatic carbocycles. The zero-order valence-electron chi connectivity index (χ0n) is 51.6. The van der Waals surface area contributed by atoms with Crippen LogP contribution in [0.4, 0.5) is 0 Å². The van der Waals surface area contributed by atoms with Crippen LogP contribution in [0.2, 0.25) is 0 Å². The van der Waals surface area contributed by atoms with E-state index in [2.05, 4.69) is 26.0 Å². The van der Waals surface area contributed by atoms with Gasteiger partial charge in [0.25, 0.3) is 0 Å². The quantitative estimate of drug-likeness (QED) is 0.0209. The lowest BCUT2D eigenvalue weighted by atomic mass is 9.57. The zero-order valence-corrected chi connectivity index (χ0v) is 51.6. The van der Waals surface area contributed by atoms with Crippen LogP contribution in [0.15, 0.2) is 120 Å². The number of unbranched alkanes of at least 4 members (excludes halogenated alkanes) is 19. The molecule has 2 saturated carbocycles. The zero-order chi connectivity index (χ0) is 58.1. The first-order valence-corrected chi connectivity index (χ1v) is 30.9. The number of carbonyl (C=O) groups excluding carboxylic acids is 2. The van der Waals surface area contributed by atoms with Crippen LogP contribution >= 0.6 is 0 Å². The molecule has 0 aliphatic heterocycles. The molecule has 0 aromatic heterocycles. The van der Waals surface area contributed by atoms with Gasteiger partial charge in [0.1, 0.15) is 23.4 Å². The maximum absolute atomic E-state index is 12.8. The van der Waals surface area contributed by atoms with Crippen LogP contribution in [0, 0.1) is 10.8 Å². The third-order valence-electron chi connectivity index (χ3n) is 16.6. The topological polar surface area (TPSA) is 134 Å². The van der Waals surface area contributed by atoms with Gasteiger partial charge in [-0.25, -0.2) is 0 Å². The highest BCUT2D eigenvalue weighted by molar-refractivity contribution is 5.70. The van der Waals surface area contributed by atoms with E-state index in [9.17, 15) is 30.0 Å². The van der Waals surface area contributed by atoms with Crippen molar-refractivity contribution in [2.75, 3.05) is 0 Å². The summed E-state index contributed by atoms with van der Waals surface area (Å²) in [6.07, 6.45) is 59.0. The van der Waals surface area contributed by atoms with Gasteiger partial charge in [0.15, 0.2) is 0 Å². The van der Waals surface area contributed by atoms with Crippen molar-refractivity contribution in [1.29, 1.82) is 0 Å². The summed E-state index contributed by atoms with van der Waals surface area (Å²) in [6.45, 7) is 23.5. The molecule has 0 bridgehead atoms. The number of esters is 2. The van der Waals surface area contributed by atoms with E-state index in [0.717, 1.165) is 67.2 Å². The number of allylic oxidation sites excluding steroid dienone is 18. The Morgan fingerprint density at radius 2 is 0.705 bits per heavy atom. The second-order valence-corrected chi connectivity index (χ2v) is 25.2. The molecule has 0 unspecified atom stereocenters. The molecule has 0 spiro atoms. The van der Waals surface area contributed by atoms with Gasteiger partial charge < -0.3 is 29.9 Å². The smallest absolute Gasteiger partial charge is 0.306 e. The predicted octanol–water partition coefficient (Wildman–Crippen LogP) is 17.9. The highest BCUT2D eigenvalue weighted by atomic mass is 16.5. The summed E-state index contributed by atoms with van der Waals surface area (Å²) in [4.78, 5) is 25.6. The van der Waals surface area contributed by atoms with Crippen LogP contribution < -0.4 is 0 Å². The van der Waals surface area contributed by atoms with E-state index in [-0.39, 0.29) is 24.8 Å². The molecule has 8 nitrogen and oxygen atoms in total. The minimum Gasteiger partial charge on any atom is -0.462 e. The van der Waals surface area contributed by atoms with E-state index >= 15 is 0 Å². The molecule has 2 fully saturated rings. The van der Waals surface area contributed by atoms with Crippen molar-refractivity contribution < 1.29 is 39.5 Å². The Hall–Kier alpha value is -3.82. The van der Waals surface area contributed by atoms with Gasteiger partial charge in [-0.3, -0.25) is 9.59 Å². The van der Waals surface area contributed by atoms with E-state index in [1.807, 2.05) is 128 Å². The van der Waals surface area contributed by atoms with Gasteiger partial charge in [-0.15, -0.1) is 0 Å². The highest BCUT2D eigenvalue weighted by Crippen LogP contribution is 2.52. The van der Waals surface area contributed by atoms with Crippen LogP contribution in [-0.2, 0) is 19.1 Å². The van der Waals surface area contributed by atoms with Crippen LogP contribution in [0.5, 0.6) is 0 Å². The largest absolute Gasteiger partial charge is 0.462 e. The lowest BCUT2D eigenvalue weighted by Gasteiger charge is -2.55. The molecule has 6 atom stereocenters. The maximum Gasteiger partial charge on any atom is 0.306 e. The molecule has 2 aliphatic rings. The van der Waals surface area contributed by atoms with Crippen molar-refractivity contribution in [3.63, 3.8) is 0 Å². The Morgan fingerprint density at radius 3 is 1.05 bits per heavy atom. The number of hydrogen-bond acceptors (Lipinski definition) is 8. The Kier molecular flexibility index (Phi) is 32.9. The van der Waals surface area contributed by atoms with Gasteiger partial charge in [-0.1, -0.05) is 252 Å². The summed E-state index contributed by atoms with van der Waals surface area (Å²) in [5, 5.41) is 47.3. The summed E-state index contributed by atoms with van der Waals surface area (Å²) >= 11 is 0. The Bertz CT molecular complexity index is 2020. The Labute approximate surface area is 477 Å². The van der Waals surface area contributed by atoms with E-state index < -0.39 is 45.4 Å². The molecule has 2 rings (SSSR count). The van der Waals surface area contributed by atoms with Crippen molar-refractivity contribution >= 4 is 11.9 Å². The van der Waals surface area contributed by atoms with Crippen LogP contribution in [0.25, 0.3) is 0 Å². The average molecular weight is 1080 g/mol. The van der Waals surface area contributed by atoms with E-state index in [0.29, 0.717) is 25.7 Å². The molecule has 0 radical (unpaired) electrons. The minimum atomic E-state index is -1.53. The fraction of sp³-hybridized carbons (Fsp3) is 0.686. The number of hydrogen-bond donors (Lipinski definition) is 4. The summed E-state index contributed by atoms with van der Waals surface area (Å²) < 4.78 is 11.8. The molecule has 0 aromatic rings. The molecule has 8 heteroatoms. The van der Waals surface area contributed by atoms with Gasteiger partial charge in [0, 0.05) is 36.5 Å². The van der Waals surface area contributed by atoms with Crippen LogP contribution in [0.3, 0.4) is 0 Å². The molecule has 442 valence electrons. The normalized spacial score (nSPS) is 26.5. The maximum atomic E-state index is 12.8. The predicted molar refractivity (Wildman–Crippen MR) is 329 cm³/mol. The highest BCUT2D eigenvalue weighted by Gasteiger charge is 2.60. The fourth-order valence-corrected chi connectivity index (χ4v) is 11.5. The van der Waals surface area contributed by atoms with Crippen LogP contribution in [0.1, 0.15) is 263 Å².